The van der Waals surface area contributed by atoms with Crippen molar-refractivity contribution in [1.29, 1.82) is 0 Å². The predicted octanol–water partition coefficient (Wildman–Crippen LogP) is 4.13. The van der Waals surface area contributed by atoms with Gasteiger partial charge in [0, 0.05) is 22.7 Å². The molecule has 10 heteroatoms. The molecule has 226 valence electrons. The van der Waals surface area contributed by atoms with Crippen LogP contribution < -0.4 is 10.2 Å². The van der Waals surface area contributed by atoms with E-state index in [1.807, 2.05) is 60.7 Å². The molecule has 1 aromatic heterocycles. The maximum absolute atomic E-state index is 8.89. The monoisotopic (exact) mass is 634 g/mol. The summed E-state index contributed by atoms with van der Waals surface area (Å²) in [4.78, 5) is 27.5. The fraction of sp³-hybridized carbons (Fsp3) is 0.176. The number of carbonyl (C=O) groups is 2. The van der Waals surface area contributed by atoms with Gasteiger partial charge in [-0.3, -0.25) is 0 Å². The molecule has 0 spiro atoms. The second kappa shape index (κ2) is 14.5. The van der Waals surface area contributed by atoms with Crippen molar-refractivity contribution in [3.8, 4) is 0 Å². The van der Waals surface area contributed by atoms with Crippen molar-refractivity contribution in [1.82, 2.24) is 0 Å². The van der Waals surface area contributed by atoms with Gasteiger partial charge in [-0.25, -0.2) is 9.98 Å². The van der Waals surface area contributed by atoms with Crippen LogP contribution >= 0.6 is 0 Å². The smallest absolute Gasteiger partial charge is 0.550 e. The number of hydrogen-bond acceptors (Lipinski definition) is 9. The molecule has 0 saturated carbocycles. The summed E-state index contributed by atoms with van der Waals surface area (Å²) in [6.07, 6.45) is 0. The van der Waals surface area contributed by atoms with E-state index in [1.54, 1.807) is 0 Å². The largest absolute Gasteiger partial charge is 2.00 e. The Morgan fingerprint density at radius 1 is 0.614 bits per heavy atom. The van der Waals surface area contributed by atoms with Gasteiger partial charge in [-0.2, -0.15) is 0 Å². The number of para-hydroxylation sites is 2. The molecule has 0 bridgehead atoms. The van der Waals surface area contributed by atoms with Crippen LogP contribution in [0.15, 0.2) is 111 Å². The van der Waals surface area contributed by atoms with Crippen LogP contribution in [0.5, 0.6) is 0 Å². The van der Waals surface area contributed by atoms with Gasteiger partial charge in [-0.05, 0) is 37.1 Å². The number of aliphatic carboxylic acids is 2. The Labute approximate surface area is 263 Å². The Balaban J connectivity index is 0.000000442. The zero-order chi connectivity index (χ0) is 30.3. The van der Waals surface area contributed by atoms with Gasteiger partial charge in [0.15, 0.2) is 0 Å². The zero-order valence-corrected chi connectivity index (χ0v) is 24.9. The molecular formula is C34H28N2NiO7. The molecule has 0 radical (unpaired) electrons. The summed E-state index contributed by atoms with van der Waals surface area (Å²) in [5.41, 5.74) is 5.54. The van der Waals surface area contributed by atoms with Crippen LogP contribution in [-0.2, 0) is 35.6 Å². The minimum Gasteiger partial charge on any atom is -0.550 e. The van der Waals surface area contributed by atoms with Crippen molar-refractivity contribution in [2.75, 3.05) is 13.2 Å². The fourth-order valence-corrected chi connectivity index (χ4v) is 4.89. The van der Waals surface area contributed by atoms with E-state index < -0.39 is 11.9 Å². The molecule has 2 aliphatic rings. The first kappa shape index (κ1) is 32.0. The van der Waals surface area contributed by atoms with E-state index in [0.29, 0.717) is 25.0 Å². The number of carboxylic acids is 2. The van der Waals surface area contributed by atoms with Gasteiger partial charge in [0.25, 0.3) is 0 Å². The molecular weight excluding hydrogens is 607 g/mol. The molecule has 5 aromatic rings. The number of aliphatic imine (C=N–C) groups is 2. The van der Waals surface area contributed by atoms with Crippen molar-refractivity contribution >= 4 is 45.7 Å². The maximum Gasteiger partial charge on any atom is 2.00 e. The number of nitrogens with zero attached hydrogens (tertiary/aromatic N) is 2. The Hall–Kier alpha value is -4.95. The minimum atomic E-state index is -1.08. The van der Waals surface area contributed by atoms with Crippen molar-refractivity contribution in [2.24, 2.45) is 9.98 Å². The van der Waals surface area contributed by atoms with E-state index in [9.17, 15) is 0 Å². The molecule has 0 fully saturated rings. The Morgan fingerprint density at radius 3 is 1.34 bits per heavy atom. The number of carbonyl (C=O) groups excluding carboxylic acids is 2. The van der Waals surface area contributed by atoms with Crippen LogP contribution in [0.3, 0.4) is 0 Å². The average molecular weight is 635 g/mol. The van der Waals surface area contributed by atoms with Crippen LogP contribution in [0.4, 0.5) is 0 Å². The SMILES string of the molecule is CC(=O)[O-].CC(=O)[O-].[Ni+2].c1ccc([C@@H]2COC(c3cccc4c3oc3c(C5=N[C@H](c6ccccc6)CO5)cccc34)=N2)cc1. The average Bonchev–Trinajstić information content (AvgIpc) is 3.76. The number of ether oxygens (including phenoxy) is 2. The molecule has 2 aliphatic heterocycles. The summed E-state index contributed by atoms with van der Waals surface area (Å²) in [7, 11) is 0. The summed E-state index contributed by atoms with van der Waals surface area (Å²) >= 11 is 0. The topological polar surface area (TPSA) is 137 Å². The van der Waals surface area contributed by atoms with Gasteiger partial charge in [-0.1, -0.05) is 84.9 Å². The molecule has 3 heterocycles. The van der Waals surface area contributed by atoms with Gasteiger partial charge < -0.3 is 33.7 Å². The Morgan fingerprint density at radius 2 is 0.977 bits per heavy atom. The van der Waals surface area contributed by atoms with Gasteiger partial charge in [0.2, 0.25) is 11.8 Å². The first-order valence-corrected chi connectivity index (χ1v) is 13.6. The number of furan rings is 1. The molecule has 0 amide bonds. The number of rotatable bonds is 4. The summed E-state index contributed by atoms with van der Waals surface area (Å²) < 4.78 is 18.6. The number of fused-ring (bicyclic) bond motifs is 3. The Bertz CT molecular complexity index is 1680. The van der Waals surface area contributed by atoms with E-state index >= 15 is 0 Å². The van der Waals surface area contributed by atoms with Gasteiger partial charge in [0.1, 0.15) is 36.5 Å². The van der Waals surface area contributed by atoms with Gasteiger partial charge >= 0.3 is 16.5 Å². The predicted molar refractivity (Wildman–Crippen MR) is 158 cm³/mol. The summed E-state index contributed by atoms with van der Waals surface area (Å²) in [6, 6.07) is 32.6. The first-order chi connectivity index (χ1) is 20.8. The first-order valence-electron chi connectivity index (χ1n) is 13.6. The maximum atomic E-state index is 8.89. The summed E-state index contributed by atoms with van der Waals surface area (Å²) in [5, 5.41) is 19.8. The normalized spacial score (nSPS) is 16.6. The molecule has 0 N–H and O–H groups in total. The fourth-order valence-electron chi connectivity index (χ4n) is 4.89. The molecule has 0 saturated heterocycles. The van der Waals surface area contributed by atoms with Crippen LogP contribution in [0, 0.1) is 0 Å². The molecule has 44 heavy (non-hydrogen) atoms. The van der Waals surface area contributed by atoms with E-state index in [4.69, 9.17) is 43.7 Å². The number of hydrogen-bond donors (Lipinski definition) is 0. The molecule has 9 nitrogen and oxygen atoms in total. The minimum absolute atomic E-state index is 0. The van der Waals surface area contributed by atoms with E-state index in [0.717, 1.165) is 58.0 Å². The second-order valence-electron chi connectivity index (χ2n) is 9.79. The molecule has 2 atom stereocenters. The van der Waals surface area contributed by atoms with Gasteiger partial charge in [-0.15, -0.1) is 0 Å². The second-order valence-corrected chi connectivity index (χ2v) is 9.79. The standard InChI is InChI=1S/C30H22N2O3.2C2H4O2.Ni/c1-3-9-19(10-4-1)25-17-33-29(31-25)23-15-7-13-21-22-14-8-16-24(28(22)35-27(21)23)30-32-26(18-34-30)20-11-5-2-6-12-20;2*1-2(3)4;/h1-16,25-26H,17-18H2;2*1H3,(H,3,4);/q;;;+2/p-2/t25-,26-;;;/m0.../s1. The molecule has 0 unspecified atom stereocenters. The van der Waals surface area contributed by atoms with Crippen LogP contribution in [-0.4, -0.2) is 36.9 Å². The number of benzene rings is 4. The van der Waals surface area contributed by atoms with Crippen molar-refractivity contribution in [3.05, 3.63) is 119 Å². The van der Waals surface area contributed by atoms with Crippen molar-refractivity contribution in [3.63, 3.8) is 0 Å². The van der Waals surface area contributed by atoms with Gasteiger partial charge in [0.05, 0.1) is 11.1 Å². The van der Waals surface area contributed by atoms with E-state index in [-0.39, 0.29) is 28.6 Å². The van der Waals surface area contributed by atoms with E-state index in [2.05, 4.69) is 36.4 Å². The molecule has 4 aromatic carbocycles. The van der Waals surface area contributed by atoms with Crippen LogP contribution in [0.25, 0.3) is 21.9 Å². The quantitative estimate of drug-likeness (QED) is 0.271. The Kier molecular flexibility index (Phi) is 10.5. The van der Waals surface area contributed by atoms with Crippen LogP contribution in [0.1, 0.15) is 48.2 Å². The zero-order valence-electron chi connectivity index (χ0n) is 23.9. The third-order valence-corrected chi connectivity index (χ3v) is 6.66. The summed E-state index contributed by atoms with van der Waals surface area (Å²) in [6.45, 7) is 2.99. The summed E-state index contributed by atoms with van der Waals surface area (Å²) in [5.74, 6) is -0.938. The van der Waals surface area contributed by atoms with Crippen molar-refractivity contribution < 1.29 is 50.2 Å². The molecule has 0 aliphatic carbocycles. The third kappa shape index (κ3) is 7.33. The third-order valence-electron chi connectivity index (χ3n) is 6.66. The number of carboxylic acid groups (broad SMARTS) is 2. The van der Waals surface area contributed by atoms with Crippen LogP contribution in [0.2, 0.25) is 0 Å². The van der Waals surface area contributed by atoms with E-state index in [1.165, 1.54) is 0 Å². The molecule has 7 rings (SSSR count). The van der Waals surface area contributed by atoms with Crippen molar-refractivity contribution in [2.45, 2.75) is 25.9 Å².